The summed E-state index contributed by atoms with van der Waals surface area (Å²) in [4.78, 5) is 19.5. The van der Waals surface area contributed by atoms with Crippen molar-refractivity contribution in [2.45, 2.75) is 25.9 Å². The number of fused-ring (bicyclic) bond motifs is 1. The van der Waals surface area contributed by atoms with Gasteiger partial charge < -0.3 is 5.11 Å². The Morgan fingerprint density at radius 3 is 2.63 bits per heavy atom. The molecule has 0 spiro atoms. The van der Waals surface area contributed by atoms with E-state index in [9.17, 15) is 22.7 Å². The number of benzene rings is 1. The number of sulfonamides is 1. The van der Waals surface area contributed by atoms with E-state index in [1.165, 1.54) is 17.5 Å². The number of hydrogen-bond donors (Lipinski definition) is 1. The molecule has 3 rings (SSSR count). The molecule has 27 heavy (non-hydrogen) atoms. The number of rotatable bonds is 5. The van der Waals surface area contributed by atoms with Crippen LogP contribution >= 0.6 is 0 Å². The van der Waals surface area contributed by atoms with Crippen molar-refractivity contribution in [1.29, 1.82) is 0 Å². The molecule has 0 saturated carbocycles. The lowest BCUT2D eigenvalue weighted by Gasteiger charge is -2.23. The summed E-state index contributed by atoms with van der Waals surface area (Å²) in [6.45, 7) is 4.68. The quantitative estimate of drug-likeness (QED) is 0.702. The van der Waals surface area contributed by atoms with Crippen LogP contribution in [0, 0.1) is 19.7 Å². The summed E-state index contributed by atoms with van der Waals surface area (Å²) in [7, 11) is -4.43. The van der Waals surface area contributed by atoms with E-state index in [4.69, 9.17) is 0 Å². The molecule has 3 aromatic rings. The monoisotopic (exact) mass is 393 g/mol. The van der Waals surface area contributed by atoms with Gasteiger partial charge in [-0.15, -0.1) is 5.10 Å². The first-order chi connectivity index (χ1) is 12.7. The molecule has 0 saturated heterocycles. The number of para-hydroxylation sites is 1. The summed E-state index contributed by atoms with van der Waals surface area (Å²) in [5.41, 5.74) is 0.208. The largest absolute Gasteiger partial charge is 0.478 e. The second-order valence-electron chi connectivity index (χ2n) is 5.76. The minimum absolute atomic E-state index is 0.0779. The van der Waals surface area contributed by atoms with Gasteiger partial charge in [0, 0.05) is 17.9 Å². The van der Waals surface area contributed by atoms with Gasteiger partial charge in [-0.2, -0.15) is 13.4 Å². The lowest BCUT2D eigenvalue weighted by atomic mass is 10.1. The molecule has 0 unspecified atom stereocenters. The molecule has 0 atom stereocenters. The van der Waals surface area contributed by atoms with E-state index in [0.717, 1.165) is 12.1 Å². The van der Waals surface area contributed by atoms with Gasteiger partial charge in [-0.3, -0.25) is 4.31 Å². The topological polar surface area (TPSA) is 118 Å². The Kier molecular flexibility index (Phi) is 4.56. The van der Waals surface area contributed by atoms with Crippen LogP contribution in [-0.4, -0.2) is 45.6 Å². The van der Waals surface area contributed by atoms with Crippen LogP contribution in [-0.2, 0) is 10.0 Å². The Labute approximate surface area is 154 Å². The Balaban J connectivity index is 2.22. The first-order valence-electron chi connectivity index (χ1n) is 7.92. The van der Waals surface area contributed by atoms with Gasteiger partial charge in [-0.1, -0.05) is 6.07 Å². The van der Waals surface area contributed by atoms with Crippen LogP contribution in [0.15, 0.2) is 29.4 Å². The normalized spacial score (nSPS) is 11.7. The lowest BCUT2D eigenvalue weighted by molar-refractivity contribution is 0.0697. The fourth-order valence-corrected chi connectivity index (χ4v) is 4.09. The molecule has 0 aliphatic heterocycles. The molecular formula is C16H16FN5O4S. The lowest BCUT2D eigenvalue weighted by Crippen LogP contribution is -2.33. The number of anilines is 1. The van der Waals surface area contributed by atoms with Crippen molar-refractivity contribution in [2.24, 2.45) is 0 Å². The Hall–Kier alpha value is -3.08. The maximum atomic E-state index is 14.4. The van der Waals surface area contributed by atoms with Gasteiger partial charge >= 0.3 is 16.0 Å². The number of hydrogen-bond acceptors (Lipinski definition) is 6. The van der Waals surface area contributed by atoms with Crippen LogP contribution < -0.4 is 4.31 Å². The summed E-state index contributed by atoms with van der Waals surface area (Å²) in [6, 6.07) is 5.02. The second-order valence-corrected chi connectivity index (χ2v) is 7.51. The van der Waals surface area contributed by atoms with Gasteiger partial charge in [0.05, 0.1) is 5.56 Å². The van der Waals surface area contributed by atoms with Crippen molar-refractivity contribution in [3.8, 4) is 0 Å². The van der Waals surface area contributed by atoms with Crippen LogP contribution in [0.3, 0.4) is 0 Å². The molecule has 0 amide bonds. The molecular weight excluding hydrogens is 377 g/mol. The van der Waals surface area contributed by atoms with E-state index in [1.807, 2.05) is 0 Å². The van der Waals surface area contributed by atoms with Crippen LogP contribution in [0.5, 0.6) is 0 Å². The predicted molar refractivity (Wildman–Crippen MR) is 93.8 cm³/mol. The minimum atomic E-state index is -4.43. The first-order valence-corrected chi connectivity index (χ1v) is 9.36. The molecule has 142 valence electrons. The molecule has 2 heterocycles. The summed E-state index contributed by atoms with van der Waals surface area (Å²) in [5, 5.41) is 12.7. The molecule has 1 aromatic carbocycles. The van der Waals surface area contributed by atoms with E-state index < -0.39 is 38.2 Å². The third kappa shape index (κ3) is 3.10. The molecule has 0 aliphatic rings. The standard InChI is InChI=1S/C16H16FN5O4S/c1-4-21(13-11(14(23)24)6-5-7-12(13)17)27(25,26)16-19-15-18-9(2)8-10(3)22(15)20-16/h5-8H,4H2,1-3H3,(H,23,24). The maximum Gasteiger partial charge on any atom is 0.337 e. The molecule has 2 aromatic heterocycles. The molecule has 11 heteroatoms. The smallest absolute Gasteiger partial charge is 0.337 e. The van der Waals surface area contributed by atoms with Gasteiger partial charge in [0.25, 0.3) is 10.9 Å². The zero-order chi connectivity index (χ0) is 19.9. The minimum Gasteiger partial charge on any atom is -0.478 e. The molecule has 0 radical (unpaired) electrons. The molecule has 1 N–H and O–H groups in total. The fraction of sp³-hybridized carbons (Fsp3) is 0.250. The van der Waals surface area contributed by atoms with E-state index in [-0.39, 0.29) is 12.3 Å². The van der Waals surface area contributed by atoms with E-state index >= 15 is 0 Å². The van der Waals surface area contributed by atoms with Crippen LogP contribution in [0.4, 0.5) is 10.1 Å². The zero-order valence-corrected chi connectivity index (χ0v) is 15.5. The van der Waals surface area contributed by atoms with Crippen molar-refractivity contribution in [3.63, 3.8) is 0 Å². The van der Waals surface area contributed by atoms with E-state index in [2.05, 4.69) is 15.1 Å². The van der Waals surface area contributed by atoms with Crippen LogP contribution in [0.25, 0.3) is 5.78 Å². The molecule has 0 aliphatic carbocycles. The van der Waals surface area contributed by atoms with Crippen molar-refractivity contribution in [1.82, 2.24) is 19.6 Å². The summed E-state index contributed by atoms with van der Waals surface area (Å²) >= 11 is 0. The molecule has 0 fully saturated rings. The number of aromatic nitrogens is 4. The number of carboxylic acids is 1. The van der Waals surface area contributed by atoms with Gasteiger partial charge in [-0.05, 0) is 39.0 Å². The molecule has 9 nitrogen and oxygen atoms in total. The Morgan fingerprint density at radius 2 is 2.00 bits per heavy atom. The van der Waals surface area contributed by atoms with Crippen molar-refractivity contribution >= 4 is 27.5 Å². The SMILES string of the molecule is CCN(c1c(F)cccc1C(=O)O)S(=O)(=O)c1nc2nc(C)cc(C)n2n1. The van der Waals surface area contributed by atoms with Gasteiger partial charge in [0.15, 0.2) is 0 Å². The third-order valence-corrected chi connectivity index (χ3v) is 5.53. The number of nitrogens with zero attached hydrogens (tertiary/aromatic N) is 5. The van der Waals surface area contributed by atoms with Gasteiger partial charge in [0.1, 0.15) is 11.5 Å². The van der Waals surface area contributed by atoms with Crippen LogP contribution in [0.2, 0.25) is 0 Å². The van der Waals surface area contributed by atoms with E-state index in [0.29, 0.717) is 15.7 Å². The average Bonchev–Trinajstić information content (AvgIpc) is 3.01. The summed E-state index contributed by atoms with van der Waals surface area (Å²) < 4.78 is 42.4. The Morgan fingerprint density at radius 1 is 1.30 bits per heavy atom. The fourth-order valence-electron chi connectivity index (χ4n) is 2.75. The van der Waals surface area contributed by atoms with Crippen LogP contribution in [0.1, 0.15) is 28.7 Å². The van der Waals surface area contributed by atoms with Crippen molar-refractivity contribution < 1.29 is 22.7 Å². The van der Waals surface area contributed by atoms with Crippen molar-refractivity contribution in [2.75, 3.05) is 10.8 Å². The summed E-state index contributed by atoms with van der Waals surface area (Å²) in [5.74, 6) is -2.35. The number of aromatic carboxylic acids is 1. The maximum absolute atomic E-state index is 14.4. The zero-order valence-electron chi connectivity index (χ0n) is 14.7. The summed E-state index contributed by atoms with van der Waals surface area (Å²) in [6.07, 6.45) is 0. The highest BCUT2D eigenvalue weighted by molar-refractivity contribution is 7.92. The number of carboxylic acid groups (broad SMARTS) is 1. The number of carbonyl (C=O) groups is 1. The highest BCUT2D eigenvalue weighted by Crippen LogP contribution is 2.29. The Bertz CT molecular complexity index is 1160. The second kappa shape index (κ2) is 6.58. The third-order valence-electron chi connectivity index (χ3n) is 3.87. The van der Waals surface area contributed by atoms with Gasteiger partial charge in [-0.25, -0.2) is 18.7 Å². The number of aryl methyl sites for hydroxylation is 2. The van der Waals surface area contributed by atoms with Gasteiger partial charge in [0.2, 0.25) is 0 Å². The molecule has 0 bridgehead atoms. The average molecular weight is 393 g/mol. The highest BCUT2D eigenvalue weighted by Gasteiger charge is 2.33. The number of halogens is 1. The highest BCUT2D eigenvalue weighted by atomic mass is 32.2. The van der Waals surface area contributed by atoms with Crippen molar-refractivity contribution in [3.05, 3.63) is 47.0 Å². The van der Waals surface area contributed by atoms with E-state index in [1.54, 1.807) is 19.9 Å². The predicted octanol–water partition coefficient (Wildman–Crippen LogP) is 1.79. The first kappa shape index (κ1) is 18.7.